The molecule has 0 aliphatic carbocycles. The number of halogens is 2. The number of rotatable bonds is 6. The first-order valence-corrected chi connectivity index (χ1v) is 8.91. The van der Waals surface area contributed by atoms with Crippen molar-refractivity contribution < 1.29 is 18.4 Å². The minimum absolute atomic E-state index is 0.136. The maximum absolute atomic E-state index is 13.4. The Labute approximate surface area is 156 Å². The fourth-order valence-corrected chi connectivity index (χ4v) is 3.34. The molecule has 2 aromatic rings. The summed E-state index contributed by atoms with van der Waals surface area (Å²) in [7, 11) is 0. The molecule has 1 aliphatic heterocycles. The molecule has 0 bridgehead atoms. The number of carbonyl (C=O) groups is 2. The molecule has 0 radical (unpaired) electrons. The molecule has 144 valence electrons. The molecule has 1 saturated heterocycles. The van der Waals surface area contributed by atoms with Gasteiger partial charge in [0.2, 0.25) is 11.8 Å². The molecular formula is C19H22F2N4O2. The van der Waals surface area contributed by atoms with Gasteiger partial charge >= 0.3 is 0 Å². The van der Waals surface area contributed by atoms with Crippen LogP contribution in [0.2, 0.25) is 0 Å². The van der Waals surface area contributed by atoms with E-state index in [1.165, 1.54) is 4.90 Å². The summed E-state index contributed by atoms with van der Waals surface area (Å²) in [5.41, 5.74) is 2.14. The summed E-state index contributed by atoms with van der Waals surface area (Å²) in [5, 5.41) is 7.13. The molecule has 1 aromatic carbocycles. The van der Waals surface area contributed by atoms with E-state index in [4.69, 9.17) is 0 Å². The van der Waals surface area contributed by atoms with Gasteiger partial charge in [-0.15, -0.1) is 0 Å². The lowest BCUT2D eigenvalue weighted by atomic mass is 10.1. The van der Waals surface area contributed by atoms with Crippen molar-refractivity contribution in [2.45, 2.75) is 33.2 Å². The quantitative estimate of drug-likeness (QED) is 0.622. The van der Waals surface area contributed by atoms with Gasteiger partial charge in [-0.1, -0.05) is 0 Å². The average Bonchev–Trinajstić information content (AvgIpc) is 3.12. The molecule has 2 heterocycles. The number of nitrogens with zero attached hydrogens (tertiary/aromatic N) is 3. The number of aryl methyl sites for hydroxylation is 3. The van der Waals surface area contributed by atoms with Gasteiger partial charge in [0.15, 0.2) is 0 Å². The summed E-state index contributed by atoms with van der Waals surface area (Å²) < 4.78 is 28.6. The van der Waals surface area contributed by atoms with Crippen LogP contribution < -0.4 is 10.2 Å². The lowest BCUT2D eigenvalue weighted by Gasteiger charge is -2.17. The first-order valence-electron chi connectivity index (χ1n) is 8.91. The largest absolute Gasteiger partial charge is 0.355 e. The van der Waals surface area contributed by atoms with Gasteiger partial charge in [0.25, 0.3) is 0 Å². The molecule has 3 rings (SSSR count). The van der Waals surface area contributed by atoms with Crippen LogP contribution in [0.25, 0.3) is 0 Å². The Kier molecular flexibility index (Phi) is 5.53. The Bertz CT molecular complexity index is 845. The lowest BCUT2D eigenvalue weighted by molar-refractivity contribution is -0.132. The summed E-state index contributed by atoms with van der Waals surface area (Å²) >= 11 is 0. The van der Waals surface area contributed by atoms with Gasteiger partial charge in [-0.2, -0.15) is 5.10 Å². The first kappa shape index (κ1) is 19.0. The summed E-state index contributed by atoms with van der Waals surface area (Å²) in [5.74, 6) is -3.13. The maximum Gasteiger partial charge on any atom is 0.239 e. The van der Waals surface area contributed by atoms with E-state index in [9.17, 15) is 18.4 Å². The zero-order valence-electron chi connectivity index (χ0n) is 15.3. The second-order valence-electron chi connectivity index (χ2n) is 6.75. The zero-order valence-corrected chi connectivity index (χ0v) is 15.3. The average molecular weight is 376 g/mol. The minimum atomic E-state index is -0.829. The molecule has 8 heteroatoms. The number of amides is 2. The first-order chi connectivity index (χ1) is 12.8. The number of hydrogen-bond acceptors (Lipinski definition) is 3. The molecule has 1 N–H and O–H groups in total. The molecule has 0 saturated carbocycles. The van der Waals surface area contributed by atoms with Crippen molar-refractivity contribution in [3.05, 3.63) is 47.3 Å². The van der Waals surface area contributed by atoms with Crippen LogP contribution in [-0.2, 0) is 16.1 Å². The Morgan fingerprint density at radius 3 is 2.56 bits per heavy atom. The van der Waals surface area contributed by atoms with Crippen LogP contribution in [0, 0.1) is 31.4 Å². The number of anilines is 1. The molecule has 1 aliphatic rings. The van der Waals surface area contributed by atoms with Crippen LogP contribution in [-0.4, -0.2) is 34.7 Å². The maximum atomic E-state index is 13.4. The highest BCUT2D eigenvalue weighted by Gasteiger charge is 2.37. The summed E-state index contributed by atoms with van der Waals surface area (Å²) in [6.45, 7) is 5.25. The SMILES string of the molecule is Cc1cc(C)n(CCCNC(=O)C2CCN(c3cc(F)cc(F)c3)C2=O)n1. The molecule has 1 atom stereocenters. The predicted molar refractivity (Wildman–Crippen MR) is 96.1 cm³/mol. The molecule has 6 nitrogen and oxygen atoms in total. The lowest BCUT2D eigenvalue weighted by Crippen LogP contribution is -2.37. The van der Waals surface area contributed by atoms with Crippen LogP contribution in [0.4, 0.5) is 14.5 Å². The van der Waals surface area contributed by atoms with Crippen molar-refractivity contribution in [2.75, 3.05) is 18.0 Å². The van der Waals surface area contributed by atoms with Crippen LogP contribution in [0.1, 0.15) is 24.2 Å². The topological polar surface area (TPSA) is 67.2 Å². The van der Waals surface area contributed by atoms with Gasteiger partial charge in [-0.3, -0.25) is 14.3 Å². The Morgan fingerprint density at radius 2 is 1.93 bits per heavy atom. The van der Waals surface area contributed by atoms with Crippen LogP contribution in [0.3, 0.4) is 0 Å². The van der Waals surface area contributed by atoms with Crippen molar-refractivity contribution in [2.24, 2.45) is 5.92 Å². The highest BCUT2D eigenvalue weighted by Crippen LogP contribution is 2.26. The Morgan fingerprint density at radius 1 is 1.22 bits per heavy atom. The van der Waals surface area contributed by atoms with Gasteiger partial charge in [-0.25, -0.2) is 8.78 Å². The van der Waals surface area contributed by atoms with E-state index in [2.05, 4.69) is 10.4 Å². The third-order valence-corrected chi connectivity index (χ3v) is 4.63. The third-order valence-electron chi connectivity index (χ3n) is 4.63. The molecule has 2 amide bonds. The van der Waals surface area contributed by atoms with Crippen LogP contribution in [0.15, 0.2) is 24.3 Å². The smallest absolute Gasteiger partial charge is 0.239 e. The van der Waals surface area contributed by atoms with Crippen molar-refractivity contribution >= 4 is 17.5 Å². The van der Waals surface area contributed by atoms with E-state index >= 15 is 0 Å². The molecule has 0 spiro atoms. The Hall–Kier alpha value is -2.77. The van der Waals surface area contributed by atoms with Gasteiger partial charge in [0.05, 0.1) is 5.69 Å². The molecule has 1 aromatic heterocycles. The number of hydrogen-bond donors (Lipinski definition) is 1. The van der Waals surface area contributed by atoms with Crippen molar-refractivity contribution in [1.82, 2.24) is 15.1 Å². The third kappa shape index (κ3) is 4.32. The molecule has 27 heavy (non-hydrogen) atoms. The number of benzene rings is 1. The van der Waals surface area contributed by atoms with Crippen LogP contribution in [0.5, 0.6) is 0 Å². The van der Waals surface area contributed by atoms with Gasteiger partial charge < -0.3 is 10.2 Å². The van der Waals surface area contributed by atoms with E-state index in [-0.39, 0.29) is 18.1 Å². The highest BCUT2D eigenvalue weighted by atomic mass is 19.1. The second kappa shape index (κ2) is 7.85. The van der Waals surface area contributed by atoms with Crippen LogP contribution >= 0.6 is 0 Å². The molecule has 1 fully saturated rings. The van der Waals surface area contributed by atoms with Crippen molar-refractivity contribution in [1.29, 1.82) is 0 Å². The van der Waals surface area contributed by atoms with E-state index in [1.54, 1.807) is 0 Å². The van der Waals surface area contributed by atoms with Gasteiger partial charge in [-0.05, 0) is 44.9 Å². The Balaban J connectivity index is 1.52. The zero-order chi connectivity index (χ0) is 19.6. The summed E-state index contributed by atoms with van der Waals surface area (Å²) in [6.07, 6.45) is 1.01. The minimum Gasteiger partial charge on any atom is -0.355 e. The fourth-order valence-electron chi connectivity index (χ4n) is 3.34. The highest BCUT2D eigenvalue weighted by molar-refractivity contribution is 6.09. The van der Waals surface area contributed by atoms with E-state index in [0.29, 0.717) is 25.9 Å². The molecular weight excluding hydrogens is 354 g/mol. The second-order valence-corrected chi connectivity index (χ2v) is 6.75. The summed E-state index contributed by atoms with van der Waals surface area (Å²) in [4.78, 5) is 26.1. The van der Waals surface area contributed by atoms with E-state index < -0.39 is 23.5 Å². The number of aromatic nitrogens is 2. The fraction of sp³-hybridized carbons (Fsp3) is 0.421. The number of nitrogens with one attached hydrogen (secondary N) is 1. The van der Waals surface area contributed by atoms with Gasteiger partial charge in [0, 0.05) is 37.1 Å². The number of carbonyl (C=O) groups excluding carboxylic acids is 2. The molecule has 1 unspecified atom stereocenters. The van der Waals surface area contributed by atoms with E-state index in [0.717, 1.165) is 29.6 Å². The monoisotopic (exact) mass is 376 g/mol. The van der Waals surface area contributed by atoms with E-state index in [1.807, 2.05) is 24.6 Å². The summed E-state index contributed by atoms with van der Waals surface area (Å²) in [6, 6.07) is 4.92. The van der Waals surface area contributed by atoms with Gasteiger partial charge in [0.1, 0.15) is 17.6 Å². The van der Waals surface area contributed by atoms with Crippen molar-refractivity contribution in [3.63, 3.8) is 0 Å². The predicted octanol–water partition coefficient (Wildman–Crippen LogP) is 2.34. The normalized spacial score (nSPS) is 16.8. The standard InChI is InChI=1S/C19H22F2N4O2/c1-12-8-13(2)25(23-12)6-3-5-22-18(26)17-4-7-24(19(17)27)16-10-14(20)9-15(21)11-16/h8-11,17H,3-7H2,1-2H3,(H,22,26). The van der Waals surface area contributed by atoms with Crippen molar-refractivity contribution in [3.8, 4) is 0 Å².